The molecule has 1 amide bonds. The summed E-state index contributed by atoms with van der Waals surface area (Å²) in [5.41, 5.74) is 5.14. The lowest BCUT2D eigenvalue weighted by Crippen LogP contribution is -2.20. The molecular weight excluding hydrogens is 256 g/mol. The molecule has 2 aromatic rings. The van der Waals surface area contributed by atoms with E-state index in [4.69, 9.17) is 0 Å². The van der Waals surface area contributed by atoms with Crippen molar-refractivity contribution in [3.63, 3.8) is 0 Å². The van der Waals surface area contributed by atoms with Crippen molar-refractivity contribution < 1.29 is 4.79 Å². The predicted octanol–water partition coefficient (Wildman–Crippen LogP) is 3.60. The van der Waals surface area contributed by atoms with Crippen molar-refractivity contribution in [3.05, 3.63) is 57.8 Å². The van der Waals surface area contributed by atoms with E-state index in [0.29, 0.717) is 5.56 Å². The number of hydrazone groups is 1. The Kier molecular flexibility index (Phi) is 4.47. The van der Waals surface area contributed by atoms with Gasteiger partial charge < -0.3 is 0 Å². The van der Waals surface area contributed by atoms with Crippen LogP contribution in [0.3, 0.4) is 0 Å². The van der Waals surface area contributed by atoms with Crippen LogP contribution in [0.15, 0.2) is 46.9 Å². The minimum atomic E-state index is -0.166. The van der Waals surface area contributed by atoms with E-state index in [1.54, 1.807) is 17.4 Å². The zero-order chi connectivity index (χ0) is 13.7. The van der Waals surface area contributed by atoms with E-state index < -0.39 is 0 Å². The minimum absolute atomic E-state index is 0.166. The number of carbonyl (C=O) groups is 1. The molecule has 19 heavy (non-hydrogen) atoms. The largest absolute Gasteiger partial charge is 0.271 e. The summed E-state index contributed by atoms with van der Waals surface area (Å²) in [6.45, 7) is 3.94. The maximum absolute atomic E-state index is 12.0. The van der Waals surface area contributed by atoms with Crippen molar-refractivity contribution in [2.75, 3.05) is 0 Å². The van der Waals surface area contributed by atoms with E-state index in [-0.39, 0.29) is 5.91 Å². The van der Waals surface area contributed by atoms with Crippen molar-refractivity contribution in [1.29, 1.82) is 0 Å². The van der Waals surface area contributed by atoms with Crippen molar-refractivity contribution in [1.82, 2.24) is 5.43 Å². The van der Waals surface area contributed by atoms with Gasteiger partial charge in [0, 0.05) is 5.56 Å². The Balaban J connectivity index is 2.13. The average Bonchev–Trinajstić information content (AvgIpc) is 2.94. The highest BCUT2D eigenvalue weighted by Gasteiger charge is 2.08. The summed E-state index contributed by atoms with van der Waals surface area (Å²) >= 11 is 1.62. The first kappa shape index (κ1) is 13.5. The van der Waals surface area contributed by atoms with Crippen LogP contribution in [-0.2, 0) is 0 Å². The minimum Gasteiger partial charge on any atom is -0.267 e. The number of hydrogen-bond donors (Lipinski definition) is 1. The van der Waals surface area contributed by atoms with Gasteiger partial charge in [0.25, 0.3) is 5.91 Å². The topological polar surface area (TPSA) is 41.5 Å². The number of carbonyl (C=O) groups excluding carboxylic acids is 1. The molecule has 3 nitrogen and oxygen atoms in total. The van der Waals surface area contributed by atoms with Crippen LogP contribution in [0, 0.1) is 6.92 Å². The predicted molar refractivity (Wildman–Crippen MR) is 79.8 cm³/mol. The standard InChI is InChI=1S/C15H16N2OS/c1-3-13(14-9-6-10-19-14)16-17-15(18)12-8-5-4-7-11(12)2/h4-10H,3H2,1-2H3,(H,17,18)/b16-13-. The Labute approximate surface area is 117 Å². The van der Waals surface area contributed by atoms with Gasteiger partial charge in [-0.1, -0.05) is 31.2 Å². The zero-order valence-corrected chi connectivity index (χ0v) is 11.8. The molecule has 98 valence electrons. The molecule has 1 aromatic heterocycles. The average molecular weight is 272 g/mol. The first-order valence-corrected chi connectivity index (χ1v) is 7.06. The highest BCUT2D eigenvalue weighted by atomic mass is 32.1. The number of aryl methyl sites for hydroxylation is 1. The maximum Gasteiger partial charge on any atom is 0.271 e. The molecule has 0 unspecified atom stereocenters. The van der Waals surface area contributed by atoms with Gasteiger partial charge in [0.2, 0.25) is 0 Å². The van der Waals surface area contributed by atoms with Crippen LogP contribution in [0.4, 0.5) is 0 Å². The number of nitrogens with one attached hydrogen (secondary N) is 1. The number of rotatable bonds is 4. The van der Waals surface area contributed by atoms with Gasteiger partial charge >= 0.3 is 0 Å². The molecular formula is C15H16N2OS. The van der Waals surface area contributed by atoms with Gasteiger partial charge in [-0.3, -0.25) is 4.79 Å². The maximum atomic E-state index is 12.0. The second kappa shape index (κ2) is 6.29. The van der Waals surface area contributed by atoms with Gasteiger partial charge in [0.05, 0.1) is 10.6 Å². The summed E-state index contributed by atoms with van der Waals surface area (Å²) < 4.78 is 0. The molecule has 2 rings (SSSR count). The first-order chi connectivity index (χ1) is 9.22. The third-order valence-corrected chi connectivity index (χ3v) is 3.74. The molecule has 0 aliphatic rings. The summed E-state index contributed by atoms with van der Waals surface area (Å²) in [5, 5.41) is 6.23. The zero-order valence-electron chi connectivity index (χ0n) is 11.0. The lowest BCUT2D eigenvalue weighted by molar-refractivity contribution is 0.0954. The quantitative estimate of drug-likeness (QED) is 0.670. The van der Waals surface area contributed by atoms with Crippen molar-refractivity contribution in [3.8, 4) is 0 Å². The molecule has 0 bridgehead atoms. The Bertz CT molecular complexity index is 588. The summed E-state index contributed by atoms with van der Waals surface area (Å²) in [6, 6.07) is 11.5. The molecule has 4 heteroatoms. The normalized spacial score (nSPS) is 11.4. The molecule has 1 N–H and O–H groups in total. The fraction of sp³-hybridized carbons (Fsp3) is 0.200. The van der Waals surface area contributed by atoms with E-state index >= 15 is 0 Å². The monoisotopic (exact) mass is 272 g/mol. The molecule has 0 fully saturated rings. The van der Waals surface area contributed by atoms with Crippen LogP contribution in [-0.4, -0.2) is 11.6 Å². The molecule has 0 saturated heterocycles. The smallest absolute Gasteiger partial charge is 0.267 e. The number of thiophene rings is 1. The number of amides is 1. The summed E-state index contributed by atoms with van der Waals surface area (Å²) in [7, 11) is 0. The molecule has 1 heterocycles. The number of nitrogens with zero attached hydrogens (tertiary/aromatic N) is 1. The van der Waals surface area contributed by atoms with Crippen LogP contribution in [0.1, 0.15) is 34.1 Å². The van der Waals surface area contributed by atoms with Gasteiger partial charge in [-0.25, -0.2) is 5.43 Å². The lowest BCUT2D eigenvalue weighted by atomic mass is 10.1. The van der Waals surface area contributed by atoms with E-state index in [9.17, 15) is 4.79 Å². The first-order valence-electron chi connectivity index (χ1n) is 6.18. The number of benzene rings is 1. The van der Waals surface area contributed by atoms with Crippen LogP contribution in [0.25, 0.3) is 0 Å². The third-order valence-electron chi connectivity index (χ3n) is 2.82. The van der Waals surface area contributed by atoms with Gasteiger partial charge in [-0.2, -0.15) is 5.10 Å². The summed E-state index contributed by atoms with van der Waals surface area (Å²) in [6.07, 6.45) is 0.786. The van der Waals surface area contributed by atoms with Gasteiger partial charge in [-0.15, -0.1) is 11.3 Å². The fourth-order valence-electron chi connectivity index (χ4n) is 1.76. The SMILES string of the molecule is CC/C(=N/NC(=O)c1ccccc1C)c1cccs1. The second-order valence-corrected chi connectivity index (χ2v) is 5.09. The van der Waals surface area contributed by atoms with Crippen LogP contribution in [0.5, 0.6) is 0 Å². The Morgan fingerprint density at radius 2 is 2.05 bits per heavy atom. The highest BCUT2D eigenvalue weighted by molar-refractivity contribution is 7.12. The molecule has 0 aliphatic heterocycles. The Morgan fingerprint density at radius 3 is 2.68 bits per heavy atom. The van der Waals surface area contributed by atoms with Gasteiger partial charge in [0.15, 0.2) is 0 Å². The molecule has 0 spiro atoms. The molecule has 1 aromatic carbocycles. The second-order valence-electron chi connectivity index (χ2n) is 4.15. The van der Waals surface area contributed by atoms with Gasteiger partial charge in [-0.05, 0) is 36.4 Å². The van der Waals surface area contributed by atoms with Crippen molar-refractivity contribution in [2.45, 2.75) is 20.3 Å². The van der Waals surface area contributed by atoms with E-state index in [2.05, 4.69) is 10.5 Å². The third kappa shape index (κ3) is 3.29. The van der Waals surface area contributed by atoms with E-state index in [1.807, 2.05) is 49.6 Å². The number of hydrogen-bond acceptors (Lipinski definition) is 3. The fourth-order valence-corrected chi connectivity index (χ4v) is 2.54. The Morgan fingerprint density at radius 1 is 1.26 bits per heavy atom. The van der Waals surface area contributed by atoms with Crippen molar-refractivity contribution in [2.24, 2.45) is 5.10 Å². The Hall–Kier alpha value is -1.94. The van der Waals surface area contributed by atoms with E-state index in [0.717, 1.165) is 22.6 Å². The highest BCUT2D eigenvalue weighted by Crippen LogP contribution is 2.12. The summed E-state index contributed by atoms with van der Waals surface area (Å²) in [4.78, 5) is 13.1. The van der Waals surface area contributed by atoms with Crippen LogP contribution >= 0.6 is 11.3 Å². The van der Waals surface area contributed by atoms with E-state index in [1.165, 1.54) is 0 Å². The molecule has 0 aliphatic carbocycles. The van der Waals surface area contributed by atoms with Crippen LogP contribution < -0.4 is 5.43 Å². The molecule has 0 atom stereocenters. The van der Waals surface area contributed by atoms with Crippen LogP contribution in [0.2, 0.25) is 0 Å². The lowest BCUT2D eigenvalue weighted by Gasteiger charge is -2.05. The molecule has 0 radical (unpaired) electrons. The molecule has 0 saturated carbocycles. The van der Waals surface area contributed by atoms with Crippen molar-refractivity contribution >= 4 is 23.0 Å². The summed E-state index contributed by atoms with van der Waals surface area (Å²) in [5.74, 6) is -0.166. The van der Waals surface area contributed by atoms with Gasteiger partial charge in [0.1, 0.15) is 0 Å².